The SMILES string of the molecule is CCC(C)N(CCC1CCCCN1C)CC(=O)O. The van der Waals surface area contributed by atoms with Gasteiger partial charge in [-0.2, -0.15) is 0 Å². The van der Waals surface area contributed by atoms with Crippen LogP contribution in [0, 0.1) is 0 Å². The number of carboxylic acid groups (broad SMARTS) is 1. The highest BCUT2D eigenvalue weighted by Crippen LogP contribution is 2.18. The molecule has 0 bridgehead atoms. The smallest absolute Gasteiger partial charge is 0.317 e. The van der Waals surface area contributed by atoms with Crippen molar-refractivity contribution in [1.29, 1.82) is 0 Å². The maximum atomic E-state index is 10.9. The summed E-state index contributed by atoms with van der Waals surface area (Å²) in [5.41, 5.74) is 0. The van der Waals surface area contributed by atoms with Gasteiger partial charge in [0, 0.05) is 18.6 Å². The summed E-state index contributed by atoms with van der Waals surface area (Å²) >= 11 is 0. The lowest BCUT2D eigenvalue weighted by Gasteiger charge is -2.35. The first-order valence-electron chi connectivity index (χ1n) is 7.20. The molecule has 1 fully saturated rings. The molecule has 0 saturated carbocycles. The third-order valence-corrected chi connectivity index (χ3v) is 4.22. The summed E-state index contributed by atoms with van der Waals surface area (Å²) in [6.07, 6.45) is 5.98. The number of hydrogen-bond donors (Lipinski definition) is 1. The Kier molecular flexibility index (Phi) is 6.65. The summed E-state index contributed by atoms with van der Waals surface area (Å²) in [5, 5.41) is 8.97. The van der Waals surface area contributed by atoms with E-state index in [1.165, 1.54) is 25.8 Å². The average molecular weight is 256 g/mol. The second kappa shape index (κ2) is 7.74. The predicted molar refractivity (Wildman–Crippen MR) is 73.8 cm³/mol. The van der Waals surface area contributed by atoms with Crippen LogP contribution < -0.4 is 0 Å². The van der Waals surface area contributed by atoms with Crippen LogP contribution in [-0.4, -0.2) is 59.6 Å². The number of piperidine rings is 1. The van der Waals surface area contributed by atoms with Crippen LogP contribution in [0.5, 0.6) is 0 Å². The van der Waals surface area contributed by atoms with E-state index in [-0.39, 0.29) is 6.54 Å². The van der Waals surface area contributed by atoms with Crippen molar-refractivity contribution in [2.75, 3.05) is 26.7 Å². The van der Waals surface area contributed by atoms with E-state index in [9.17, 15) is 4.79 Å². The molecule has 1 aliphatic rings. The molecule has 1 N–H and O–H groups in total. The number of likely N-dealkylation sites (tertiary alicyclic amines) is 1. The van der Waals surface area contributed by atoms with Gasteiger partial charge in [-0.05, 0) is 46.2 Å². The van der Waals surface area contributed by atoms with Gasteiger partial charge in [0.15, 0.2) is 0 Å². The standard InChI is InChI=1S/C14H28N2O2/c1-4-12(2)16(11-14(17)18)10-8-13-7-5-6-9-15(13)3/h12-13H,4-11H2,1-3H3,(H,17,18). The summed E-state index contributed by atoms with van der Waals surface area (Å²) in [5.74, 6) is -0.715. The largest absolute Gasteiger partial charge is 0.480 e. The Labute approximate surface area is 111 Å². The summed E-state index contributed by atoms with van der Waals surface area (Å²) in [7, 11) is 2.19. The molecular formula is C14H28N2O2. The molecule has 0 aromatic heterocycles. The Bertz CT molecular complexity index is 258. The molecule has 106 valence electrons. The van der Waals surface area contributed by atoms with E-state index >= 15 is 0 Å². The highest BCUT2D eigenvalue weighted by molar-refractivity contribution is 5.69. The zero-order chi connectivity index (χ0) is 13.5. The van der Waals surface area contributed by atoms with Gasteiger partial charge in [0.25, 0.3) is 0 Å². The van der Waals surface area contributed by atoms with E-state index in [0.29, 0.717) is 12.1 Å². The van der Waals surface area contributed by atoms with Crippen LogP contribution in [0.15, 0.2) is 0 Å². The number of aliphatic carboxylic acids is 1. The highest BCUT2D eigenvalue weighted by atomic mass is 16.4. The molecule has 4 heteroatoms. The van der Waals surface area contributed by atoms with Gasteiger partial charge in [-0.3, -0.25) is 9.69 Å². The van der Waals surface area contributed by atoms with Crippen LogP contribution in [0.25, 0.3) is 0 Å². The fourth-order valence-electron chi connectivity index (χ4n) is 2.71. The van der Waals surface area contributed by atoms with Crippen LogP contribution in [-0.2, 0) is 4.79 Å². The first-order valence-corrected chi connectivity index (χ1v) is 7.20. The van der Waals surface area contributed by atoms with Crippen molar-refractivity contribution in [3.05, 3.63) is 0 Å². The molecule has 1 rings (SSSR count). The molecule has 18 heavy (non-hydrogen) atoms. The quantitative estimate of drug-likeness (QED) is 0.757. The molecule has 1 heterocycles. The molecule has 0 amide bonds. The summed E-state index contributed by atoms with van der Waals surface area (Å²) < 4.78 is 0. The van der Waals surface area contributed by atoms with Gasteiger partial charge in [-0.15, -0.1) is 0 Å². The monoisotopic (exact) mass is 256 g/mol. The first-order chi connectivity index (χ1) is 8.54. The number of hydrogen-bond acceptors (Lipinski definition) is 3. The average Bonchev–Trinajstić information content (AvgIpc) is 2.34. The van der Waals surface area contributed by atoms with Crippen molar-refractivity contribution in [1.82, 2.24) is 9.80 Å². The molecule has 0 radical (unpaired) electrons. The van der Waals surface area contributed by atoms with Crippen LogP contribution >= 0.6 is 0 Å². The van der Waals surface area contributed by atoms with Crippen LogP contribution in [0.1, 0.15) is 46.0 Å². The van der Waals surface area contributed by atoms with E-state index in [2.05, 4.69) is 30.7 Å². The minimum Gasteiger partial charge on any atom is -0.480 e. The van der Waals surface area contributed by atoms with Gasteiger partial charge >= 0.3 is 5.97 Å². The van der Waals surface area contributed by atoms with E-state index in [1.807, 2.05) is 0 Å². The minimum absolute atomic E-state index is 0.172. The molecule has 0 aliphatic carbocycles. The third-order valence-electron chi connectivity index (χ3n) is 4.22. The van der Waals surface area contributed by atoms with Crippen molar-refractivity contribution in [3.63, 3.8) is 0 Å². The van der Waals surface area contributed by atoms with Gasteiger partial charge in [0.05, 0.1) is 6.54 Å². The molecule has 0 aromatic rings. The van der Waals surface area contributed by atoms with Crippen molar-refractivity contribution in [2.24, 2.45) is 0 Å². The van der Waals surface area contributed by atoms with Crippen molar-refractivity contribution < 1.29 is 9.90 Å². The number of carboxylic acids is 1. The number of rotatable bonds is 7. The molecule has 1 saturated heterocycles. The Hall–Kier alpha value is -0.610. The Morgan fingerprint density at radius 3 is 2.78 bits per heavy atom. The van der Waals surface area contributed by atoms with Gasteiger partial charge in [0.2, 0.25) is 0 Å². The zero-order valence-corrected chi connectivity index (χ0v) is 12.1. The zero-order valence-electron chi connectivity index (χ0n) is 12.1. The maximum absolute atomic E-state index is 10.9. The van der Waals surface area contributed by atoms with E-state index in [4.69, 9.17) is 5.11 Å². The predicted octanol–water partition coefficient (Wildman–Crippen LogP) is 2.05. The minimum atomic E-state index is -0.715. The maximum Gasteiger partial charge on any atom is 0.317 e. The van der Waals surface area contributed by atoms with Crippen LogP contribution in [0.4, 0.5) is 0 Å². The second-order valence-electron chi connectivity index (χ2n) is 5.54. The van der Waals surface area contributed by atoms with Crippen molar-refractivity contribution in [3.8, 4) is 0 Å². The Morgan fingerprint density at radius 2 is 2.22 bits per heavy atom. The summed E-state index contributed by atoms with van der Waals surface area (Å²) in [6, 6.07) is 0.995. The second-order valence-corrected chi connectivity index (χ2v) is 5.54. The third kappa shape index (κ3) is 4.94. The highest BCUT2D eigenvalue weighted by Gasteiger charge is 2.21. The normalized spacial score (nSPS) is 23.2. The Morgan fingerprint density at radius 1 is 1.50 bits per heavy atom. The topological polar surface area (TPSA) is 43.8 Å². The van der Waals surface area contributed by atoms with E-state index in [1.54, 1.807) is 0 Å². The molecule has 2 unspecified atom stereocenters. The first kappa shape index (κ1) is 15.4. The van der Waals surface area contributed by atoms with E-state index in [0.717, 1.165) is 19.4 Å². The lowest BCUT2D eigenvalue weighted by atomic mass is 9.99. The van der Waals surface area contributed by atoms with Gasteiger partial charge in [0.1, 0.15) is 0 Å². The van der Waals surface area contributed by atoms with Crippen LogP contribution in [0.3, 0.4) is 0 Å². The van der Waals surface area contributed by atoms with Crippen molar-refractivity contribution in [2.45, 2.75) is 58.0 Å². The summed E-state index contributed by atoms with van der Waals surface area (Å²) in [4.78, 5) is 15.4. The molecule has 4 nitrogen and oxygen atoms in total. The lowest BCUT2D eigenvalue weighted by Crippen LogP contribution is -2.42. The number of nitrogens with zero attached hydrogens (tertiary/aromatic N) is 2. The van der Waals surface area contributed by atoms with Crippen LogP contribution in [0.2, 0.25) is 0 Å². The number of carbonyl (C=O) groups is 1. The fraction of sp³-hybridized carbons (Fsp3) is 0.929. The molecule has 1 aliphatic heterocycles. The van der Waals surface area contributed by atoms with E-state index < -0.39 is 5.97 Å². The van der Waals surface area contributed by atoms with Gasteiger partial charge < -0.3 is 10.0 Å². The lowest BCUT2D eigenvalue weighted by molar-refractivity contribution is -0.139. The molecule has 0 spiro atoms. The van der Waals surface area contributed by atoms with Gasteiger partial charge in [-0.25, -0.2) is 0 Å². The summed E-state index contributed by atoms with van der Waals surface area (Å²) in [6.45, 7) is 6.49. The molecular weight excluding hydrogens is 228 g/mol. The van der Waals surface area contributed by atoms with Gasteiger partial charge in [-0.1, -0.05) is 13.3 Å². The fourth-order valence-corrected chi connectivity index (χ4v) is 2.71. The molecule has 0 aromatic carbocycles. The Balaban J connectivity index is 2.42. The van der Waals surface area contributed by atoms with Crippen molar-refractivity contribution >= 4 is 5.97 Å². The molecule has 2 atom stereocenters.